The number of nitrogens with zero attached hydrogens (tertiary/aromatic N) is 3. The van der Waals surface area contributed by atoms with E-state index in [2.05, 4.69) is 4.98 Å². The summed E-state index contributed by atoms with van der Waals surface area (Å²) in [5, 5.41) is 16.6. The summed E-state index contributed by atoms with van der Waals surface area (Å²) in [6.45, 7) is 0.984. The number of aromatic nitrogens is 2. The van der Waals surface area contributed by atoms with Gasteiger partial charge in [0, 0.05) is 25.2 Å². The van der Waals surface area contributed by atoms with Crippen LogP contribution < -0.4 is 15.7 Å². The van der Waals surface area contributed by atoms with Crippen LogP contribution in [0.5, 0.6) is 0 Å². The third-order valence-corrected chi connectivity index (χ3v) is 6.18. The zero-order valence-electron chi connectivity index (χ0n) is 15.3. The molecular weight excluding hydrogens is 398 g/mol. The molecule has 1 aliphatic heterocycles. The van der Waals surface area contributed by atoms with Crippen LogP contribution in [0.4, 0.5) is 11.4 Å². The molecule has 1 saturated heterocycles. The van der Waals surface area contributed by atoms with Crippen LogP contribution in [0, 0.1) is 10.1 Å². The number of H-pyrrole nitrogens is 1. The number of aromatic amines is 1. The Balaban J connectivity index is 1.61. The lowest BCUT2D eigenvalue weighted by atomic mass is 10.0. The highest BCUT2D eigenvalue weighted by Gasteiger charge is 2.28. The first kappa shape index (κ1) is 19.2. The number of hydrogen-bond acceptors (Lipinski definition) is 6. The summed E-state index contributed by atoms with van der Waals surface area (Å²) in [7, 11) is -4.03. The molecule has 0 aliphatic carbocycles. The lowest BCUT2D eigenvalue weighted by molar-refractivity contribution is -0.384. The maximum atomic E-state index is 12.4. The van der Waals surface area contributed by atoms with E-state index in [1.807, 2.05) is 29.2 Å². The smallest absolute Gasteiger partial charge is 0.326 e. The van der Waals surface area contributed by atoms with Crippen molar-refractivity contribution in [3.05, 3.63) is 63.1 Å². The van der Waals surface area contributed by atoms with Crippen molar-refractivity contribution in [1.29, 1.82) is 0 Å². The van der Waals surface area contributed by atoms with Crippen LogP contribution in [-0.4, -0.2) is 36.0 Å². The molecule has 29 heavy (non-hydrogen) atoms. The number of fused-ring (bicyclic) bond motifs is 1. The summed E-state index contributed by atoms with van der Waals surface area (Å²) in [6.07, 6.45) is 1.24. The Kier molecular flexibility index (Phi) is 4.63. The van der Waals surface area contributed by atoms with Crippen LogP contribution in [0.15, 0.2) is 52.2 Å². The van der Waals surface area contributed by atoms with E-state index in [1.165, 1.54) is 12.1 Å². The van der Waals surface area contributed by atoms with E-state index >= 15 is 0 Å². The number of primary sulfonamides is 1. The normalized spacial score (nSPS) is 15.7. The van der Waals surface area contributed by atoms with Crippen LogP contribution in [-0.2, 0) is 10.0 Å². The maximum absolute atomic E-state index is 12.4. The molecule has 1 aromatic heterocycles. The Bertz CT molecular complexity index is 1260. The first-order valence-corrected chi connectivity index (χ1v) is 10.6. The third kappa shape index (κ3) is 3.49. The summed E-state index contributed by atoms with van der Waals surface area (Å²) >= 11 is 0. The molecule has 1 fully saturated rings. The highest BCUT2D eigenvalue weighted by molar-refractivity contribution is 7.89. The van der Waals surface area contributed by atoms with Gasteiger partial charge >= 0.3 is 5.69 Å². The molecule has 152 valence electrons. The molecule has 1 aliphatic rings. The van der Waals surface area contributed by atoms with Gasteiger partial charge in [-0.2, -0.15) is 0 Å². The second-order valence-electron chi connectivity index (χ2n) is 6.99. The van der Waals surface area contributed by atoms with Crippen LogP contribution in [0.25, 0.3) is 11.0 Å². The maximum Gasteiger partial charge on any atom is 0.326 e. The van der Waals surface area contributed by atoms with Crippen molar-refractivity contribution < 1.29 is 13.3 Å². The molecule has 2 aromatic carbocycles. The summed E-state index contributed by atoms with van der Waals surface area (Å²) in [5.41, 5.74) is 1.47. The van der Waals surface area contributed by atoms with Gasteiger partial charge in [0.2, 0.25) is 10.0 Å². The van der Waals surface area contributed by atoms with E-state index in [0.29, 0.717) is 31.6 Å². The van der Waals surface area contributed by atoms with Crippen molar-refractivity contribution >= 4 is 32.4 Å². The van der Waals surface area contributed by atoms with Gasteiger partial charge in [0.05, 0.1) is 20.9 Å². The first-order valence-electron chi connectivity index (χ1n) is 9.01. The van der Waals surface area contributed by atoms with Gasteiger partial charge in [-0.25, -0.2) is 18.4 Å². The standard InChI is InChI=1S/C18H19N5O5S/c19-29(27,28)13-5-6-16(17(11-13)23(25)26)21-9-7-12(8-10-21)22-15-4-2-1-3-14(15)20-18(22)24/h1-6,11-12H,7-10H2,(H,20,24)(H2,19,27,28). The molecule has 4 rings (SSSR count). The summed E-state index contributed by atoms with van der Waals surface area (Å²) in [5.74, 6) is 0. The lowest BCUT2D eigenvalue weighted by Gasteiger charge is -2.33. The average Bonchev–Trinajstić information content (AvgIpc) is 3.02. The highest BCUT2D eigenvalue weighted by atomic mass is 32.2. The largest absolute Gasteiger partial charge is 0.366 e. The fourth-order valence-corrected chi connectivity index (χ4v) is 4.43. The molecule has 0 spiro atoms. The van der Waals surface area contributed by atoms with Crippen molar-refractivity contribution in [2.45, 2.75) is 23.8 Å². The number of sulfonamides is 1. The number of anilines is 1. The molecule has 0 amide bonds. The fraction of sp³-hybridized carbons (Fsp3) is 0.278. The number of hydrogen-bond donors (Lipinski definition) is 2. The van der Waals surface area contributed by atoms with Crippen LogP contribution in [0.1, 0.15) is 18.9 Å². The van der Waals surface area contributed by atoms with E-state index in [9.17, 15) is 23.3 Å². The van der Waals surface area contributed by atoms with Crippen LogP contribution in [0.3, 0.4) is 0 Å². The quantitative estimate of drug-likeness (QED) is 0.488. The lowest BCUT2D eigenvalue weighted by Crippen LogP contribution is -2.37. The van der Waals surface area contributed by atoms with E-state index in [1.54, 1.807) is 4.57 Å². The molecular formula is C18H19N5O5S. The zero-order valence-corrected chi connectivity index (χ0v) is 16.1. The van der Waals surface area contributed by atoms with Crippen molar-refractivity contribution in [3.63, 3.8) is 0 Å². The second-order valence-corrected chi connectivity index (χ2v) is 8.55. The Morgan fingerprint density at radius 3 is 2.48 bits per heavy atom. The topological polar surface area (TPSA) is 144 Å². The van der Waals surface area contributed by atoms with E-state index in [-0.39, 0.29) is 22.3 Å². The van der Waals surface area contributed by atoms with Crippen LogP contribution >= 0.6 is 0 Å². The van der Waals surface area contributed by atoms with Gasteiger partial charge in [0.25, 0.3) is 5.69 Å². The number of benzene rings is 2. The number of imidazole rings is 1. The van der Waals surface area contributed by atoms with Gasteiger partial charge in [0.1, 0.15) is 5.69 Å². The van der Waals surface area contributed by atoms with Gasteiger partial charge in [-0.3, -0.25) is 14.7 Å². The van der Waals surface area contributed by atoms with E-state index < -0.39 is 14.9 Å². The average molecular weight is 417 g/mol. The molecule has 0 radical (unpaired) electrons. The number of rotatable bonds is 4. The summed E-state index contributed by atoms with van der Waals surface area (Å²) in [6, 6.07) is 11.1. The number of nitrogens with two attached hydrogens (primary N) is 1. The Labute approximate surface area is 165 Å². The summed E-state index contributed by atoms with van der Waals surface area (Å²) < 4.78 is 24.8. The number of piperidine rings is 1. The van der Waals surface area contributed by atoms with Gasteiger partial charge in [-0.05, 0) is 37.1 Å². The van der Waals surface area contributed by atoms with Crippen molar-refractivity contribution in [1.82, 2.24) is 9.55 Å². The fourth-order valence-electron chi connectivity index (χ4n) is 3.90. The minimum atomic E-state index is -4.03. The molecule has 2 heterocycles. The summed E-state index contributed by atoms with van der Waals surface area (Å²) in [4.78, 5) is 27.7. The molecule has 3 N–H and O–H groups in total. The number of nitrogens with one attached hydrogen (secondary N) is 1. The van der Waals surface area contributed by atoms with Gasteiger partial charge < -0.3 is 9.88 Å². The van der Waals surface area contributed by atoms with E-state index in [0.717, 1.165) is 17.1 Å². The minimum Gasteiger partial charge on any atom is -0.366 e. The predicted molar refractivity (Wildman–Crippen MR) is 108 cm³/mol. The van der Waals surface area contributed by atoms with Gasteiger partial charge in [-0.1, -0.05) is 12.1 Å². The first-order chi connectivity index (χ1) is 13.8. The third-order valence-electron chi connectivity index (χ3n) is 5.27. The monoisotopic (exact) mass is 417 g/mol. The van der Waals surface area contributed by atoms with Crippen molar-refractivity contribution in [3.8, 4) is 0 Å². The minimum absolute atomic E-state index is 0.0300. The number of nitro benzene ring substituents is 1. The molecule has 0 atom stereocenters. The van der Waals surface area contributed by atoms with Crippen molar-refractivity contribution in [2.24, 2.45) is 5.14 Å². The molecule has 0 saturated carbocycles. The molecule has 10 nitrogen and oxygen atoms in total. The second kappa shape index (κ2) is 7.01. The van der Waals surface area contributed by atoms with E-state index in [4.69, 9.17) is 5.14 Å². The highest BCUT2D eigenvalue weighted by Crippen LogP contribution is 2.34. The number of nitro groups is 1. The zero-order chi connectivity index (χ0) is 20.8. The molecule has 3 aromatic rings. The van der Waals surface area contributed by atoms with Gasteiger partial charge in [0.15, 0.2) is 0 Å². The molecule has 11 heteroatoms. The van der Waals surface area contributed by atoms with Crippen molar-refractivity contribution in [2.75, 3.05) is 18.0 Å². The Hall–Kier alpha value is -3.18. The molecule has 0 bridgehead atoms. The van der Waals surface area contributed by atoms with Crippen LogP contribution in [0.2, 0.25) is 0 Å². The number of para-hydroxylation sites is 2. The Morgan fingerprint density at radius 2 is 1.83 bits per heavy atom. The van der Waals surface area contributed by atoms with Gasteiger partial charge in [-0.15, -0.1) is 0 Å². The predicted octanol–water partition coefficient (Wildman–Crippen LogP) is 1.73. The SMILES string of the molecule is NS(=O)(=O)c1ccc(N2CCC(n3c(=O)[nH]c4ccccc43)CC2)c([N+](=O)[O-])c1. The molecule has 0 unspecified atom stereocenters. The Morgan fingerprint density at radius 1 is 1.14 bits per heavy atom.